The zero-order chi connectivity index (χ0) is 23.8. The summed E-state index contributed by atoms with van der Waals surface area (Å²) in [5, 5.41) is 10.8. The van der Waals surface area contributed by atoms with Crippen LogP contribution in [0.2, 0.25) is 0 Å². The standard InChI is InChI=1S/C27H44O5/c1-5-9-11-13-20-27(25(29)31-7-3,26(30)32-8-4)21-19-24(28)23-17-15-22(16-18-23)14-12-10-6-2/h15-18,24,28H,5-14,19-21H2,1-4H3. The van der Waals surface area contributed by atoms with Crippen LogP contribution in [0.4, 0.5) is 0 Å². The van der Waals surface area contributed by atoms with Crippen LogP contribution < -0.4 is 0 Å². The van der Waals surface area contributed by atoms with Crippen LogP contribution in [0.5, 0.6) is 0 Å². The van der Waals surface area contributed by atoms with Crippen molar-refractivity contribution >= 4 is 11.9 Å². The maximum Gasteiger partial charge on any atom is 0.323 e. The first-order chi connectivity index (χ1) is 15.4. The second-order valence-electron chi connectivity index (χ2n) is 8.59. The van der Waals surface area contributed by atoms with E-state index >= 15 is 0 Å². The predicted octanol–water partition coefficient (Wildman–Crippen LogP) is 6.32. The highest BCUT2D eigenvalue weighted by Crippen LogP contribution is 2.37. The molecule has 0 saturated heterocycles. The summed E-state index contributed by atoms with van der Waals surface area (Å²) in [6.07, 6.45) is 8.55. The van der Waals surface area contributed by atoms with Gasteiger partial charge in [-0.15, -0.1) is 0 Å². The number of aliphatic hydroxyl groups is 1. The Bertz CT molecular complexity index is 635. The van der Waals surface area contributed by atoms with E-state index in [-0.39, 0.29) is 19.6 Å². The van der Waals surface area contributed by atoms with E-state index in [4.69, 9.17) is 9.47 Å². The summed E-state index contributed by atoms with van der Waals surface area (Å²) in [7, 11) is 0. The first-order valence-corrected chi connectivity index (χ1v) is 12.6. The number of ether oxygens (including phenoxy) is 2. The van der Waals surface area contributed by atoms with Crippen molar-refractivity contribution in [2.45, 2.75) is 104 Å². The molecule has 0 spiro atoms. The number of hydrogen-bond donors (Lipinski definition) is 1. The molecule has 0 fully saturated rings. The molecule has 5 heteroatoms. The second kappa shape index (κ2) is 15.8. The summed E-state index contributed by atoms with van der Waals surface area (Å²) in [5.41, 5.74) is 0.704. The van der Waals surface area contributed by atoms with Crippen molar-refractivity contribution in [3.63, 3.8) is 0 Å². The van der Waals surface area contributed by atoms with E-state index in [2.05, 4.69) is 26.0 Å². The molecule has 182 valence electrons. The largest absolute Gasteiger partial charge is 0.465 e. The fourth-order valence-electron chi connectivity index (χ4n) is 4.04. The molecule has 0 amide bonds. The molecule has 0 heterocycles. The maximum atomic E-state index is 13.0. The minimum absolute atomic E-state index is 0.205. The van der Waals surface area contributed by atoms with E-state index in [0.717, 1.165) is 44.1 Å². The van der Waals surface area contributed by atoms with Gasteiger partial charge in [0.15, 0.2) is 5.41 Å². The number of hydrogen-bond acceptors (Lipinski definition) is 5. The van der Waals surface area contributed by atoms with Gasteiger partial charge in [0.1, 0.15) is 0 Å². The van der Waals surface area contributed by atoms with Gasteiger partial charge in [0.25, 0.3) is 0 Å². The van der Waals surface area contributed by atoms with Crippen LogP contribution in [0.15, 0.2) is 24.3 Å². The first-order valence-electron chi connectivity index (χ1n) is 12.6. The highest BCUT2D eigenvalue weighted by molar-refractivity contribution is 6.00. The average Bonchev–Trinajstić information content (AvgIpc) is 2.79. The lowest BCUT2D eigenvalue weighted by Crippen LogP contribution is -2.42. The van der Waals surface area contributed by atoms with E-state index in [1.54, 1.807) is 13.8 Å². The van der Waals surface area contributed by atoms with Crippen LogP contribution in [-0.2, 0) is 25.5 Å². The molecule has 1 unspecified atom stereocenters. The first kappa shape index (κ1) is 28.2. The van der Waals surface area contributed by atoms with Gasteiger partial charge in [-0.2, -0.15) is 0 Å². The van der Waals surface area contributed by atoms with Gasteiger partial charge in [0.2, 0.25) is 0 Å². The van der Waals surface area contributed by atoms with E-state index in [9.17, 15) is 14.7 Å². The molecule has 32 heavy (non-hydrogen) atoms. The van der Waals surface area contributed by atoms with Crippen LogP contribution in [0.25, 0.3) is 0 Å². The zero-order valence-corrected chi connectivity index (χ0v) is 20.7. The molecule has 0 bridgehead atoms. The van der Waals surface area contributed by atoms with Crippen molar-refractivity contribution in [3.8, 4) is 0 Å². The number of aliphatic hydroxyl groups excluding tert-OH is 1. The molecule has 1 aromatic rings. The van der Waals surface area contributed by atoms with Crippen LogP contribution in [-0.4, -0.2) is 30.3 Å². The normalized spacial score (nSPS) is 12.4. The minimum atomic E-state index is -1.36. The Morgan fingerprint density at radius 2 is 1.38 bits per heavy atom. The van der Waals surface area contributed by atoms with Gasteiger partial charge in [-0.05, 0) is 57.1 Å². The third-order valence-electron chi connectivity index (χ3n) is 6.07. The fourth-order valence-corrected chi connectivity index (χ4v) is 4.04. The number of rotatable bonds is 17. The second-order valence-corrected chi connectivity index (χ2v) is 8.59. The Kier molecular flexibility index (Phi) is 13.9. The van der Waals surface area contributed by atoms with Gasteiger partial charge in [0.05, 0.1) is 19.3 Å². The number of carbonyl (C=O) groups is 2. The maximum absolute atomic E-state index is 13.0. The van der Waals surface area contributed by atoms with Crippen molar-refractivity contribution in [2.24, 2.45) is 5.41 Å². The highest BCUT2D eigenvalue weighted by atomic mass is 16.6. The van der Waals surface area contributed by atoms with Crippen molar-refractivity contribution in [2.75, 3.05) is 13.2 Å². The zero-order valence-electron chi connectivity index (χ0n) is 20.7. The third-order valence-corrected chi connectivity index (χ3v) is 6.07. The highest BCUT2D eigenvalue weighted by Gasteiger charge is 2.48. The molecule has 5 nitrogen and oxygen atoms in total. The SMILES string of the molecule is CCCCCCC(CCC(O)c1ccc(CCCCC)cc1)(C(=O)OCC)C(=O)OCC. The number of unbranched alkanes of at least 4 members (excludes halogenated alkanes) is 5. The van der Waals surface area contributed by atoms with Gasteiger partial charge in [0, 0.05) is 0 Å². The van der Waals surface area contributed by atoms with Crippen molar-refractivity contribution in [1.29, 1.82) is 0 Å². The molecule has 0 radical (unpaired) electrons. The Morgan fingerprint density at radius 1 is 0.812 bits per heavy atom. The summed E-state index contributed by atoms with van der Waals surface area (Å²) in [6, 6.07) is 8.01. The van der Waals surface area contributed by atoms with Gasteiger partial charge >= 0.3 is 11.9 Å². The van der Waals surface area contributed by atoms with E-state index in [0.29, 0.717) is 12.8 Å². The molecule has 0 aliphatic heterocycles. The smallest absolute Gasteiger partial charge is 0.323 e. The summed E-state index contributed by atoms with van der Waals surface area (Å²) in [5.74, 6) is -1.07. The van der Waals surface area contributed by atoms with Gasteiger partial charge < -0.3 is 14.6 Å². The third kappa shape index (κ3) is 8.93. The monoisotopic (exact) mass is 448 g/mol. The molecule has 1 N–H and O–H groups in total. The van der Waals surface area contributed by atoms with Crippen molar-refractivity contribution in [3.05, 3.63) is 35.4 Å². The average molecular weight is 449 g/mol. The van der Waals surface area contributed by atoms with E-state index in [1.165, 1.54) is 18.4 Å². The molecule has 0 aromatic heterocycles. The Balaban J connectivity index is 2.93. The quantitative estimate of drug-likeness (QED) is 0.172. The molecular weight excluding hydrogens is 404 g/mol. The van der Waals surface area contributed by atoms with Crippen LogP contribution in [0, 0.1) is 5.41 Å². The number of carbonyl (C=O) groups excluding carboxylic acids is 2. The van der Waals surface area contributed by atoms with Gasteiger partial charge in [-0.3, -0.25) is 9.59 Å². The number of esters is 2. The Morgan fingerprint density at radius 3 is 1.91 bits per heavy atom. The summed E-state index contributed by atoms with van der Waals surface area (Å²) in [4.78, 5) is 25.9. The van der Waals surface area contributed by atoms with E-state index < -0.39 is 23.5 Å². The lowest BCUT2D eigenvalue weighted by Gasteiger charge is -2.30. The summed E-state index contributed by atoms with van der Waals surface area (Å²) >= 11 is 0. The lowest BCUT2D eigenvalue weighted by atomic mass is 9.77. The molecule has 0 aliphatic carbocycles. The number of benzene rings is 1. The molecule has 0 saturated carbocycles. The summed E-state index contributed by atoms with van der Waals surface area (Å²) in [6.45, 7) is 8.20. The van der Waals surface area contributed by atoms with Crippen LogP contribution >= 0.6 is 0 Å². The molecule has 1 rings (SSSR count). The topological polar surface area (TPSA) is 72.8 Å². The van der Waals surface area contributed by atoms with E-state index in [1.807, 2.05) is 12.1 Å². The Hall–Kier alpha value is -1.88. The van der Waals surface area contributed by atoms with Gasteiger partial charge in [-0.1, -0.05) is 76.6 Å². The molecule has 1 aromatic carbocycles. The number of aryl methyl sites for hydroxylation is 1. The van der Waals surface area contributed by atoms with Crippen LogP contribution in [0.1, 0.15) is 109 Å². The fraction of sp³-hybridized carbons (Fsp3) is 0.704. The predicted molar refractivity (Wildman–Crippen MR) is 128 cm³/mol. The van der Waals surface area contributed by atoms with Crippen molar-refractivity contribution in [1.82, 2.24) is 0 Å². The molecular formula is C27H44O5. The van der Waals surface area contributed by atoms with Gasteiger partial charge in [-0.25, -0.2) is 0 Å². The lowest BCUT2D eigenvalue weighted by molar-refractivity contribution is -0.174. The Labute approximate surface area is 194 Å². The van der Waals surface area contributed by atoms with Crippen molar-refractivity contribution < 1.29 is 24.2 Å². The molecule has 1 atom stereocenters. The minimum Gasteiger partial charge on any atom is -0.465 e. The van der Waals surface area contributed by atoms with Crippen LogP contribution in [0.3, 0.4) is 0 Å². The summed E-state index contributed by atoms with van der Waals surface area (Å²) < 4.78 is 10.6. The molecule has 0 aliphatic rings.